The molecule has 1 saturated heterocycles. The molecule has 1 rings (SSSR count). The monoisotopic (exact) mass is 326 g/mol. The molecule has 0 aromatic rings. The first-order chi connectivity index (χ1) is 10.7. The van der Waals surface area contributed by atoms with E-state index in [2.05, 4.69) is 0 Å². The molecule has 1 fully saturated rings. The van der Waals surface area contributed by atoms with Gasteiger partial charge in [-0.15, -0.1) is 0 Å². The van der Waals surface area contributed by atoms with Gasteiger partial charge < -0.3 is 18.8 Å². The number of carbonyl (C=O) groups excluding carboxylic acids is 2. The van der Waals surface area contributed by atoms with Crippen molar-refractivity contribution in [3.8, 4) is 0 Å². The summed E-state index contributed by atoms with van der Waals surface area (Å²) in [6.07, 6.45) is 0.586. The molecule has 0 amide bonds. The quantitative estimate of drug-likeness (QED) is 0.407. The van der Waals surface area contributed by atoms with Crippen molar-refractivity contribution in [3.05, 3.63) is 11.6 Å². The lowest BCUT2D eigenvalue weighted by Gasteiger charge is -2.18. The van der Waals surface area contributed by atoms with Crippen LogP contribution in [0.3, 0.4) is 0 Å². The predicted octanol–water partition coefficient (Wildman–Crippen LogP) is 2.52. The van der Waals surface area contributed by atoms with Gasteiger partial charge in [-0.25, -0.2) is 9.59 Å². The van der Waals surface area contributed by atoms with Crippen molar-refractivity contribution in [2.45, 2.75) is 78.7 Å². The summed E-state index contributed by atoms with van der Waals surface area (Å²) in [5.74, 6) is -1.21. The summed E-state index contributed by atoms with van der Waals surface area (Å²) in [4.78, 5) is 24.3. The Bertz CT molecular complexity index is 416. The van der Waals surface area contributed by atoms with Crippen LogP contribution in [-0.4, -0.2) is 43.5 Å². The Balaban J connectivity index is 2.80. The highest BCUT2D eigenvalue weighted by Gasteiger charge is 2.49. The second-order valence-electron chi connectivity index (χ2n) is 6.15. The molecule has 130 valence electrons. The van der Waals surface area contributed by atoms with Crippen molar-refractivity contribution < 1.29 is 28.4 Å². The summed E-state index contributed by atoms with van der Waals surface area (Å²) in [5, 5.41) is 0. The van der Waals surface area contributed by atoms with Crippen molar-refractivity contribution >= 4 is 19.1 Å². The molecule has 2 atom stereocenters. The lowest BCUT2D eigenvalue weighted by Crippen LogP contribution is -2.40. The Morgan fingerprint density at radius 3 is 1.83 bits per heavy atom. The van der Waals surface area contributed by atoms with Crippen molar-refractivity contribution in [2.75, 3.05) is 0 Å². The number of hydrogen-bond acceptors (Lipinski definition) is 6. The van der Waals surface area contributed by atoms with E-state index < -0.39 is 31.3 Å². The van der Waals surface area contributed by atoms with Crippen LogP contribution in [0.5, 0.6) is 0 Å². The van der Waals surface area contributed by atoms with Gasteiger partial charge in [-0.3, -0.25) is 0 Å². The van der Waals surface area contributed by atoms with E-state index in [9.17, 15) is 9.59 Å². The second kappa shape index (κ2) is 9.08. The highest BCUT2D eigenvalue weighted by atomic mass is 16.7. The molecule has 0 saturated carbocycles. The van der Waals surface area contributed by atoms with E-state index in [0.29, 0.717) is 6.32 Å². The van der Waals surface area contributed by atoms with Gasteiger partial charge in [0.15, 0.2) is 12.2 Å². The van der Waals surface area contributed by atoms with Gasteiger partial charge in [0, 0.05) is 6.32 Å². The number of esters is 2. The molecular weight excluding hydrogens is 299 g/mol. The lowest BCUT2D eigenvalue weighted by atomic mass is 9.84. The van der Waals surface area contributed by atoms with Crippen LogP contribution < -0.4 is 0 Å². The van der Waals surface area contributed by atoms with Gasteiger partial charge >= 0.3 is 19.1 Å². The normalized spacial score (nSPS) is 21.9. The summed E-state index contributed by atoms with van der Waals surface area (Å²) in [7, 11) is -0.661. The van der Waals surface area contributed by atoms with Gasteiger partial charge in [0.2, 0.25) is 0 Å². The average molecular weight is 326 g/mol. The van der Waals surface area contributed by atoms with Gasteiger partial charge in [-0.05, 0) is 41.0 Å². The second-order valence-corrected chi connectivity index (χ2v) is 6.15. The first-order valence-electron chi connectivity index (χ1n) is 8.12. The van der Waals surface area contributed by atoms with E-state index in [1.165, 1.54) is 5.57 Å². The smallest absolute Gasteiger partial charge is 0.461 e. The molecule has 7 heteroatoms. The van der Waals surface area contributed by atoms with Crippen molar-refractivity contribution in [1.29, 1.82) is 0 Å². The number of hydrogen-bond donors (Lipinski definition) is 0. The average Bonchev–Trinajstić information content (AvgIpc) is 2.87. The van der Waals surface area contributed by atoms with E-state index in [0.717, 1.165) is 6.42 Å². The fraction of sp³-hybridized carbons (Fsp3) is 0.750. The molecule has 1 heterocycles. The molecule has 23 heavy (non-hydrogen) atoms. The minimum atomic E-state index is -1.09. The molecule has 0 spiro atoms. The minimum absolute atomic E-state index is 0.297. The summed E-state index contributed by atoms with van der Waals surface area (Å²) >= 11 is 0. The number of carbonyl (C=O) groups is 2. The van der Waals surface area contributed by atoms with E-state index in [1.807, 2.05) is 19.9 Å². The topological polar surface area (TPSA) is 71.1 Å². The minimum Gasteiger partial charge on any atom is -0.461 e. The van der Waals surface area contributed by atoms with Gasteiger partial charge in [-0.2, -0.15) is 0 Å². The van der Waals surface area contributed by atoms with Gasteiger partial charge in [0.1, 0.15) is 0 Å². The molecule has 0 bridgehead atoms. The zero-order chi connectivity index (χ0) is 17.6. The molecule has 0 aromatic carbocycles. The largest absolute Gasteiger partial charge is 0.462 e. The highest BCUT2D eigenvalue weighted by molar-refractivity contribution is 6.46. The SMILES string of the molecule is CC/C(C)=C/CB1O[C@@H](C(=O)OC(C)C)[C@H](C(=O)OC(C)C)O1. The van der Waals surface area contributed by atoms with Crippen LogP contribution in [0.2, 0.25) is 6.32 Å². The molecule has 0 N–H and O–H groups in total. The molecule has 0 aliphatic carbocycles. The molecule has 0 aromatic heterocycles. The Morgan fingerprint density at radius 2 is 1.48 bits per heavy atom. The maximum absolute atomic E-state index is 12.1. The first-order valence-corrected chi connectivity index (χ1v) is 8.12. The molecule has 0 unspecified atom stereocenters. The summed E-state index contributed by atoms with van der Waals surface area (Å²) in [6.45, 7) is 11.0. The molecule has 6 nitrogen and oxygen atoms in total. The predicted molar refractivity (Wildman–Crippen MR) is 86.8 cm³/mol. The standard InChI is InChI=1S/C16H27BO6/c1-7-12(6)8-9-17-22-13(15(18)20-10(2)3)14(23-17)16(19)21-11(4)5/h8,10-11,13-14H,7,9H2,1-6H3/b12-8+/t13-,14-/m1/s1. The third-order valence-corrected chi connectivity index (χ3v) is 3.26. The van der Waals surface area contributed by atoms with E-state index in [4.69, 9.17) is 18.8 Å². The highest BCUT2D eigenvalue weighted by Crippen LogP contribution is 2.23. The van der Waals surface area contributed by atoms with Gasteiger partial charge in [0.05, 0.1) is 12.2 Å². The van der Waals surface area contributed by atoms with Crippen LogP contribution in [0.15, 0.2) is 11.6 Å². The summed E-state index contributed by atoms with van der Waals surface area (Å²) in [6, 6.07) is 0. The van der Waals surface area contributed by atoms with Crippen LogP contribution in [0.4, 0.5) is 0 Å². The number of rotatable bonds is 7. The van der Waals surface area contributed by atoms with E-state index in [-0.39, 0.29) is 12.2 Å². The van der Waals surface area contributed by atoms with Crippen molar-refractivity contribution in [3.63, 3.8) is 0 Å². The van der Waals surface area contributed by atoms with Crippen molar-refractivity contribution in [2.24, 2.45) is 0 Å². The zero-order valence-electron chi connectivity index (χ0n) is 14.8. The van der Waals surface area contributed by atoms with Crippen LogP contribution in [0, 0.1) is 0 Å². The Labute approximate surface area is 138 Å². The van der Waals surface area contributed by atoms with Crippen LogP contribution in [0.1, 0.15) is 48.0 Å². The first kappa shape index (κ1) is 19.7. The Hall–Kier alpha value is -1.34. The molecule has 0 radical (unpaired) electrons. The van der Waals surface area contributed by atoms with Crippen LogP contribution >= 0.6 is 0 Å². The third-order valence-electron chi connectivity index (χ3n) is 3.26. The Kier molecular flexibility index (Phi) is 7.78. The number of ether oxygens (including phenoxy) is 2. The van der Waals surface area contributed by atoms with Crippen LogP contribution in [-0.2, 0) is 28.4 Å². The maximum atomic E-state index is 12.1. The fourth-order valence-electron chi connectivity index (χ4n) is 2.01. The van der Waals surface area contributed by atoms with E-state index >= 15 is 0 Å². The lowest BCUT2D eigenvalue weighted by molar-refractivity contribution is -0.167. The van der Waals surface area contributed by atoms with Crippen LogP contribution in [0.25, 0.3) is 0 Å². The summed E-state index contributed by atoms with van der Waals surface area (Å²) < 4.78 is 21.5. The maximum Gasteiger partial charge on any atom is 0.462 e. The molecule has 1 aliphatic heterocycles. The fourth-order valence-corrected chi connectivity index (χ4v) is 2.01. The third kappa shape index (κ3) is 6.35. The zero-order valence-corrected chi connectivity index (χ0v) is 14.8. The number of allylic oxidation sites excluding steroid dienone is 2. The van der Waals surface area contributed by atoms with Crippen molar-refractivity contribution in [1.82, 2.24) is 0 Å². The molecule has 1 aliphatic rings. The van der Waals surface area contributed by atoms with Gasteiger partial charge in [0.25, 0.3) is 0 Å². The summed E-state index contributed by atoms with van der Waals surface area (Å²) in [5.41, 5.74) is 1.19. The van der Waals surface area contributed by atoms with Gasteiger partial charge in [-0.1, -0.05) is 18.6 Å². The van der Waals surface area contributed by atoms with E-state index in [1.54, 1.807) is 27.7 Å². The molecular formula is C16H27BO6. The Morgan fingerprint density at radius 1 is 1.04 bits per heavy atom.